The molecule has 39 heavy (non-hydrogen) atoms. The first kappa shape index (κ1) is 31.3. The first-order chi connectivity index (χ1) is 18.0. The molecule has 0 aromatic rings. The predicted octanol–water partition coefficient (Wildman–Crippen LogP) is 3.96. The summed E-state index contributed by atoms with van der Waals surface area (Å²) in [4.78, 5) is 0. The molecule has 0 aliphatic heterocycles. The largest absolute Gasteiger partial charge is 0.397 e. The van der Waals surface area contributed by atoms with Gasteiger partial charge in [0.05, 0.1) is 12.7 Å². The second-order valence-corrected chi connectivity index (χ2v) is 15.6. The highest BCUT2D eigenvalue weighted by molar-refractivity contribution is 7.81. The third-order valence-corrected chi connectivity index (χ3v) is 11.7. The highest BCUT2D eigenvalue weighted by Crippen LogP contribution is 2.67. The summed E-state index contributed by atoms with van der Waals surface area (Å²) in [6.45, 7) is 8.67. The molecule has 0 aromatic carbocycles. The molecule has 10 nitrogen and oxygen atoms in total. The zero-order valence-corrected chi connectivity index (χ0v) is 25.0. The summed E-state index contributed by atoms with van der Waals surface area (Å²) >= 11 is 0. The van der Waals surface area contributed by atoms with Crippen LogP contribution in [0.2, 0.25) is 0 Å². The van der Waals surface area contributed by atoms with Crippen molar-refractivity contribution in [1.82, 2.24) is 0 Å². The molecule has 4 N–H and O–H groups in total. The van der Waals surface area contributed by atoms with Gasteiger partial charge in [-0.2, -0.15) is 16.8 Å². The van der Waals surface area contributed by atoms with Crippen LogP contribution in [0, 0.1) is 46.3 Å². The molecule has 0 radical (unpaired) electrons. The van der Waals surface area contributed by atoms with Crippen LogP contribution in [-0.2, 0) is 29.2 Å². The van der Waals surface area contributed by atoms with Gasteiger partial charge in [-0.05, 0) is 96.9 Å². The topological polar surface area (TPSA) is 168 Å². The molecule has 0 amide bonds. The standard InChI is InChI=1S/C27H46O10S2/c1-16(2)6-5-7-17(15-36-38(30,31)32)19-10-11-20-18-8-9-22-24(29)25(37-39(33,34)35)23(28)14-27(22,4)21(18)12-13-26(19,20)3/h9,16-21,23-25,28-29H,5-8,10-15H2,1-4H3,(H,30,31,32)(H,33,34,35). The van der Waals surface area contributed by atoms with Crippen molar-refractivity contribution >= 4 is 20.8 Å². The average molecular weight is 595 g/mol. The van der Waals surface area contributed by atoms with Crippen LogP contribution in [0.5, 0.6) is 0 Å². The van der Waals surface area contributed by atoms with Crippen LogP contribution in [0.1, 0.15) is 85.5 Å². The first-order valence-corrected chi connectivity index (χ1v) is 17.0. The quantitative estimate of drug-likeness (QED) is 0.215. The van der Waals surface area contributed by atoms with Crippen molar-refractivity contribution in [3.63, 3.8) is 0 Å². The molecule has 4 rings (SSSR count). The Morgan fingerprint density at radius 2 is 1.69 bits per heavy atom. The Morgan fingerprint density at radius 1 is 1.00 bits per heavy atom. The van der Waals surface area contributed by atoms with Gasteiger partial charge >= 0.3 is 20.8 Å². The lowest BCUT2D eigenvalue weighted by atomic mass is 9.46. The number of aliphatic hydroxyl groups is 2. The maximum absolute atomic E-state index is 11.4. The van der Waals surface area contributed by atoms with Crippen molar-refractivity contribution in [2.75, 3.05) is 6.61 Å². The van der Waals surface area contributed by atoms with Gasteiger partial charge in [-0.25, -0.2) is 8.37 Å². The van der Waals surface area contributed by atoms with Crippen LogP contribution < -0.4 is 0 Å². The van der Waals surface area contributed by atoms with E-state index in [1.54, 1.807) is 0 Å². The van der Waals surface area contributed by atoms with E-state index in [0.29, 0.717) is 29.7 Å². The highest BCUT2D eigenvalue weighted by Gasteiger charge is 2.62. The molecular weight excluding hydrogens is 548 g/mol. The minimum absolute atomic E-state index is 0.0131. The maximum Gasteiger partial charge on any atom is 0.397 e. The third-order valence-electron chi connectivity index (χ3n) is 10.8. The normalized spacial score (nSPS) is 41.5. The molecule has 10 unspecified atom stereocenters. The lowest BCUT2D eigenvalue weighted by Crippen LogP contribution is -2.58. The zero-order valence-electron chi connectivity index (χ0n) is 23.4. The van der Waals surface area contributed by atoms with Crippen LogP contribution in [0.3, 0.4) is 0 Å². The Kier molecular flexibility index (Phi) is 9.03. The van der Waals surface area contributed by atoms with Gasteiger partial charge in [0.25, 0.3) is 0 Å². The maximum atomic E-state index is 11.4. The van der Waals surface area contributed by atoms with Crippen LogP contribution in [0.4, 0.5) is 0 Å². The fraction of sp³-hybridized carbons (Fsp3) is 0.926. The van der Waals surface area contributed by atoms with E-state index in [4.69, 9.17) is 8.74 Å². The van der Waals surface area contributed by atoms with E-state index >= 15 is 0 Å². The van der Waals surface area contributed by atoms with Gasteiger partial charge in [0, 0.05) is 0 Å². The number of hydrogen-bond donors (Lipinski definition) is 4. The van der Waals surface area contributed by atoms with E-state index in [9.17, 15) is 31.6 Å². The number of allylic oxidation sites excluding steroid dienone is 1. The van der Waals surface area contributed by atoms with Crippen molar-refractivity contribution in [2.45, 2.75) is 104 Å². The molecule has 0 heterocycles. The summed E-state index contributed by atoms with van der Waals surface area (Å²) in [6.07, 6.45) is 5.45. The number of fused-ring (bicyclic) bond motifs is 5. The van der Waals surface area contributed by atoms with E-state index in [1.165, 1.54) is 0 Å². The molecule has 3 saturated carbocycles. The lowest BCUT2D eigenvalue weighted by molar-refractivity contribution is -0.119. The van der Waals surface area contributed by atoms with Gasteiger partial charge in [0.15, 0.2) is 0 Å². The molecule has 12 heteroatoms. The molecule has 0 bridgehead atoms. The first-order valence-electron chi connectivity index (χ1n) is 14.3. The molecule has 0 saturated heterocycles. The summed E-state index contributed by atoms with van der Waals surface area (Å²) in [6, 6.07) is 0. The molecule has 0 aromatic heterocycles. The van der Waals surface area contributed by atoms with E-state index in [0.717, 1.165) is 44.9 Å². The smallest absolute Gasteiger partial charge is 0.390 e. The summed E-state index contributed by atoms with van der Waals surface area (Å²) in [5.74, 6) is 1.67. The molecule has 0 spiro atoms. The van der Waals surface area contributed by atoms with Gasteiger partial charge in [0.1, 0.15) is 12.2 Å². The fourth-order valence-electron chi connectivity index (χ4n) is 9.22. The Labute approximate surface area is 233 Å². The van der Waals surface area contributed by atoms with E-state index in [2.05, 4.69) is 25.0 Å². The van der Waals surface area contributed by atoms with Crippen molar-refractivity contribution < 1.29 is 44.5 Å². The summed E-state index contributed by atoms with van der Waals surface area (Å²) < 4.78 is 73.6. The third kappa shape index (κ3) is 6.43. The van der Waals surface area contributed by atoms with E-state index in [1.807, 2.05) is 13.0 Å². The minimum Gasteiger partial charge on any atom is -0.390 e. The van der Waals surface area contributed by atoms with Crippen molar-refractivity contribution in [3.8, 4) is 0 Å². The minimum atomic E-state index is -4.84. The van der Waals surface area contributed by atoms with Gasteiger partial charge in [0.2, 0.25) is 0 Å². The number of hydrogen-bond acceptors (Lipinski definition) is 8. The summed E-state index contributed by atoms with van der Waals surface area (Å²) in [5, 5.41) is 21.9. The van der Waals surface area contributed by atoms with Gasteiger partial charge in [-0.15, -0.1) is 0 Å². The van der Waals surface area contributed by atoms with Crippen LogP contribution in [-0.4, -0.2) is 61.1 Å². The van der Waals surface area contributed by atoms with Crippen molar-refractivity contribution in [3.05, 3.63) is 11.6 Å². The van der Waals surface area contributed by atoms with Gasteiger partial charge in [-0.1, -0.05) is 46.6 Å². The molecular formula is C27H46O10S2. The second-order valence-electron chi connectivity index (χ2n) is 13.4. The van der Waals surface area contributed by atoms with E-state index in [-0.39, 0.29) is 36.2 Å². The summed E-state index contributed by atoms with van der Waals surface area (Å²) in [7, 11) is -9.37. The van der Waals surface area contributed by atoms with E-state index < -0.39 is 44.5 Å². The number of rotatable bonds is 10. The molecule has 3 fully saturated rings. The van der Waals surface area contributed by atoms with Crippen molar-refractivity contribution in [1.29, 1.82) is 0 Å². The fourth-order valence-corrected chi connectivity index (χ4v) is 10.1. The SMILES string of the molecule is CC(C)CCCC(COS(=O)(=O)O)C1CCC2C3CC=C4C(O)C(OS(=O)(=O)O)C(O)CC4(C)C3CCC12C. The van der Waals surface area contributed by atoms with Gasteiger partial charge in [-0.3, -0.25) is 9.11 Å². The molecule has 4 aliphatic carbocycles. The Bertz CT molecular complexity index is 1140. The van der Waals surface area contributed by atoms with Crippen molar-refractivity contribution in [2.24, 2.45) is 46.3 Å². The molecule has 4 aliphatic rings. The molecule has 226 valence electrons. The highest BCUT2D eigenvalue weighted by atomic mass is 32.3. The monoisotopic (exact) mass is 594 g/mol. The van der Waals surface area contributed by atoms with Crippen LogP contribution in [0.15, 0.2) is 11.6 Å². The van der Waals surface area contributed by atoms with Crippen LogP contribution in [0.25, 0.3) is 0 Å². The summed E-state index contributed by atoms with van der Waals surface area (Å²) in [5.41, 5.74) is 0.107. The Hall–Kier alpha value is -0.600. The second kappa shape index (κ2) is 11.2. The lowest BCUT2D eigenvalue weighted by Gasteiger charge is -2.59. The molecule has 10 atom stereocenters. The average Bonchev–Trinajstić information content (AvgIpc) is 3.14. The van der Waals surface area contributed by atoms with Gasteiger partial charge < -0.3 is 10.2 Å². The predicted molar refractivity (Wildman–Crippen MR) is 144 cm³/mol. The Morgan fingerprint density at radius 3 is 2.31 bits per heavy atom. The van der Waals surface area contributed by atoms with Crippen LogP contribution >= 0.6 is 0 Å². The number of aliphatic hydroxyl groups excluding tert-OH is 2. The Balaban J connectivity index is 1.57. The zero-order chi connectivity index (χ0) is 29.0.